The second kappa shape index (κ2) is 13.6. The minimum atomic E-state index is 0.870. The van der Waals surface area contributed by atoms with Crippen LogP contribution >= 0.6 is 11.3 Å². The quantitative estimate of drug-likeness (QED) is 0.290. The Morgan fingerprint density at radius 1 is 0.920 bits per heavy atom. The van der Waals surface area contributed by atoms with Gasteiger partial charge in [0.2, 0.25) is 0 Å². The SMILES string of the molecule is C/C(=C\Cc1cccs1)CCC[C@H](C)CCC[C@H](C)CCCC(C)C. The van der Waals surface area contributed by atoms with E-state index in [4.69, 9.17) is 0 Å². The Balaban J connectivity index is 2.02. The summed E-state index contributed by atoms with van der Waals surface area (Å²) < 4.78 is 0. The van der Waals surface area contributed by atoms with E-state index in [0.29, 0.717) is 0 Å². The van der Waals surface area contributed by atoms with Crippen molar-refractivity contribution in [3.63, 3.8) is 0 Å². The highest BCUT2D eigenvalue weighted by Gasteiger charge is 2.06. The van der Waals surface area contributed by atoms with Crippen LogP contribution in [0.25, 0.3) is 0 Å². The van der Waals surface area contributed by atoms with Gasteiger partial charge in [0.05, 0.1) is 0 Å². The van der Waals surface area contributed by atoms with E-state index in [1.807, 2.05) is 11.3 Å². The fourth-order valence-electron chi connectivity index (χ4n) is 3.51. The maximum absolute atomic E-state index is 2.45. The number of hydrogen-bond donors (Lipinski definition) is 0. The van der Waals surface area contributed by atoms with Gasteiger partial charge < -0.3 is 0 Å². The van der Waals surface area contributed by atoms with Crippen molar-refractivity contribution < 1.29 is 0 Å². The third kappa shape index (κ3) is 12.4. The summed E-state index contributed by atoms with van der Waals surface area (Å²) in [7, 11) is 0. The van der Waals surface area contributed by atoms with E-state index in [9.17, 15) is 0 Å². The van der Waals surface area contributed by atoms with Crippen LogP contribution in [0.2, 0.25) is 0 Å². The van der Waals surface area contributed by atoms with Crippen molar-refractivity contribution in [2.75, 3.05) is 0 Å². The molecule has 0 unspecified atom stereocenters. The fourth-order valence-corrected chi connectivity index (χ4v) is 4.18. The smallest absolute Gasteiger partial charge is 0.00829 e. The molecule has 0 aliphatic heterocycles. The summed E-state index contributed by atoms with van der Waals surface area (Å²) in [5.74, 6) is 2.69. The molecule has 0 amide bonds. The van der Waals surface area contributed by atoms with Crippen molar-refractivity contribution in [3.8, 4) is 0 Å². The van der Waals surface area contributed by atoms with Crippen molar-refractivity contribution in [3.05, 3.63) is 34.0 Å². The summed E-state index contributed by atoms with van der Waals surface area (Å²) in [6.45, 7) is 11.9. The molecule has 1 aromatic rings. The molecule has 1 heterocycles. The Morgan fingerprint density at radius 2 is 1.52 bits per heavy atom. The van der Waals surface area contributed by atoms with E-state index in [1.165, 1.54) is 62.7 Å². The zero-order valence-corrected chi connectivity index (χ0v) is 18.3. The maximum atomic E-state index is 2.45. The summed E-state index contributed by atoms with van der Waals surface area (Å²) in [5, 5.41) is 2.17. The van der Waals surface area contributed by atoms with Crippen LogP contribution in [-0.4, -0.2) is 0 Å². The lowest BCUT2D eigenvalue weighted by Crippen LogP contribution is -2.00. The Hall–Kier alpha value is -0.560. The van der Waals surface area contributed by atoms with E-state index in [0.717, 1.165) is 24.2 Å². The lowest BCUT2D eigenvalue weighted by atomic mass is 9.91. The number of thiophene rings is 1. The van der Waals surface area contributed by atoms with Crippen LogP contribution < -0.4 is 0 Å². The van der Waals surface area contributed by atoms with Gasteiger partial charge in [-0.1, -0.05) is 90.4 Å². The zero-order chi connectivity index (χ0) is 18.5. The molecule has 0 aliphatic rings. The van der Waals surface area contributed by atoms with Gasteiger partial charge in [0.15, 0.2) is 0 Å². The monoisotopic (exact) mass is 362 g/mol. The second-order valence-corrected chi connectivity index (χ2v) is 9.72. The van der Waals surface area contributed by atoms with Crippen LogP contribution in [0.15, 0.2) is 29.2 Å². The van der Waals surface area contributed by atoms with Crippen molar-refractivity contribution in [2.45, 2.75) is 98.8 Å². The molecule has 25 heavy (non-hydrogen) atoms. The van der Waals surface area contributed by atoms with Gasteiger partial charge in [-0.2, -0.15) is 0 Å². The average molecular weight is 363 g/mol. The lowest BCUT2D eigenvalue weighted by Gasteiger charge is -2.15. The summed E-state index contributed by atoms with van der Waals surface area (Å²) >= 11 is 1.87. The van der Waals surface area contributed by atoms with Crippen molar-refractivity contribution in [1.29, 1.82) is 0 Å². The molecule has 1 rings (SSSR count). The van der Waals surface area contributed by atoms with Gasteiger partial charge in [-0.3, -0.25) is 0 Å². The first kappa shape index (κ1) is 22.5. The molecule has 0 saturated heterocycles. The molecule has 0 spiro atoms. The van der Waals surface area contributed by atoms with Gasteiger partial charge in [-0.15, -0.1) is 11.3 Å². The average Bonchev–Trinajstić information content (AvgIpc) is 3.06. The highest BCUT2D eigenvalue weighted by molar-refractivity contribution is 7.09. The van der Waals surface area contributed by atoms with Crippen LogP contribution in [0.3, 0.4) is 0 Å². The van der Waals surface area contributed by atoms with Crippen LogP contribution in [0.4, 0.5) is 0 Å². The van der Waals surface area contributed by atoms with Gasteiger partial charge in [-0.05, 0) is 55.4 Å². The molecule has 0 radical (unpaired) electrons. The van der Waals surface area contributed by atoms with Gasteiger partial charge in [-0.25, -0.2) is 0 Å². The highest BCUT2D eigenvalue weighted by Crippen LogP contribution is 2.22. The number of rotatable bonds is 14. The normalized spacial score (nSPS) is 14.9. The standard InChI is InChI=1S/C24H42S/c1-20(2)10-6-11-21(3)12-7-13-22(4)14-8-15-23(5)17-18-24-16-9-19-25-24/h9,16-17,19-22H,6-8,10-15,18H2,1-5H3/b23-17+/t21-,22-/m1/s1. The summed E-state index contributed by atoms with van der Waals surface area (Å²) in [5.41, 5.74) is 1.57. The van der Waals surface area contributed by atoms with Crippen molar-refractivity contribution >= 4 is 11.3 Å². The van der Waals surface area contributed by atoms with E-state index in [2.05, 4.69) is 58.2 Å². The van der Waals surface area contributed by atoms with E-state index in [-0.39, 0.29) is 0 Å². The first-order chi connectivity index (χ1) is 12.0. The first-order valence-corrected chi connectivity index (χ1v) is 11.5. The van der Waals surface area contributed by atoms with Gasteiger partial charge in [0, 0.05) is 4.88 Å². The van der Waals surface area contributed by atoms with E-state index in [1.54, 1.807) is 5.57 Å². The molecule has 144 valence electrons. The van der Waals surface area contributed by atoms with Gasteiger partial charge in [0.1, 0.15) is 0 Å². The molecule has 1 aromatic heterocycles. The Bertz CT molecular complexity index is 441. The van der Waals surface area contributed by atoms with Gasteiger partial charge in [0.25, 0.3) is 0 Å². The summed E-state index contributed by atoms with van der Waals surface area (Å²) in [6.07, 6.45) is 16.1. The molecule has 2 atom stereocenters. The molecule has 0 nitrogen and oxygen atoms in total. The highest BCUT2D eigenvalue weighted by atomic mass is 32.1. The molecule has 0 aromatic carbocycles. The van der Waals surface area contributed by atoms with Crippen LogP contribution in [0.5, 0.6) is 0 Å². The summed E-state index contributed by atoms with van der Waals surface area (Å²) in [4.78, 5) is 1.48. The predicted molar refractivity (Wildman–Crippen MR) is 116 cm³/mol. The molecule has 1 heteroatoms. The van der Waals surface area contributed by atoms with E-state index < -0.39 is 0 Å². The van der Waals surface area contributed by atoms with Crippen LogP contribution in [-0.2, 0) is 6.42 Å². The van der Waals surface area contributed by atoms with Gasteiger partial charge >= 0.3 is 0 Å². The van der Waals surface area contributed by atoms with Crippen LogP contribution in [0, 0.1) is 17.8 Å². The lowest BCUT2D eigenvalue weighted by molar-refractivity contribution is 0.389. The third-order valence-electron chi connectivity index (χ3n) is 5.37. The zero-order valence-electron chi connectivity index (χ0n) is 17.5. The molecule has 0 N–H and O–H groups in total. The van der Waals surface area contributed by atoms with Crippen molar-refractivity contribution in [2.24, 2.45) is 17.8 Å². The predicted octanol–water partition coefficient (Wildman–Crippen LogP) is 8.68. The molecule has 0 fully saturated rings. The minimum Gasteiger partial charge on any atom is -0.149 e. The molecular formula is C24H42S. The molecule has 0 saturated carbocycles. The fraction of sp³-hybridized carbons (Fsp3) is 0.750. The second-order valence-electron chi connectivity index (χ2n) is 8.69. The van der Waals surface area contributed by atoms with Crippen LogP contribution in [0.1, 0.15) is 97.3 Å². The molecule has 0 aliphatic carbocycles. The van der Waals surface area contributed by atoms with E-state index >= 15 is 0 Å². The summed E-state index contributed by atoms with van der Waals surface area (Å²) in [6, 6.07) is 4.39. The minimum absolute atomic E-state index is 0.870. The maximum Gasteiger partial charge on any atom is 0.00829 e. The Kier molecular flexibility index (Phi) is 12.2. The molecular weight excluding hydrogens is 320 g/mol. The van der Waals surface area contributed by atoms with Crippen molar-refractivity contribution in [1.82, 2.24) is 0 Å². The Morgan fingerprint density at radius 3 is 2.08 bits per heavy atom. The topological polar surface area (TPSA) is 0 Å². The first-order valence-electron chi connectivity index (χ1n) is 10.6. The number of allylic oxidation sites excluding steroid dienone is 2. The number of hydrogen-bond acceptors (Lipinski definition) is 1. The third-order valence-corrected chi connectivity index (χ3v) is 6.27. The largest absolute Gasteiger partial charge is 0.149 e. The molecule has 0 bridgehead atoms. The Labute approximate surface area is 162 Å².